The minimum absolute atomic E-state index is 0.119. The van der Waals surface area contributed by atoms with Gasteiger partial charge in [0, 0.05) is 6.42 Å². The Bertz CT molecular complexity index is 309. The molecule has 1 N–H and O–H groups in total. The second kappa shape index (κ2) is 12.7. The molecule has 0 aliphatic heterocycles. The highest BCUT2D eigenvalue weighted by atomic mass is 16.4. The van der Waals surface area contributed by atoms with E-state index in [0.717, 1.165) is 12.8 Å². The minimum atomic E-state index is -0.897. The summed E-state index contributed by atoms with van der Waals surface area (Å²) in [5.74, 6) is 9.76. The van der Waals surface area contributed by atoms with E-state index >= 15 is 0 Å². The number of unbranched alkanes of at least 4 members (excludes halogenated alkanes) is 7. The SMILES string of the molecule is CCCCCCCCCC#CC#CCC(=O)O. The average Bonchev–Trinajstić information content (AvgIpc) is 2.30. The van der Waals surface area contributed by atoms with Gasteiger partial charge in [0.15, 0.2) is 0 Å². The predicted octanol–water partition coefficient (Wildman–Crippen LogP) is 3.61. The van der Waals surface area contributed by atoms with Crippen LogP contribution >= 0.6 is 0 Å². The first-order chi connectivity index (χ1) is 8.27. The van der Waals surface area contributed by atoms with Crippen molar-refractivity contribution in [3.63, 3.8) is 0 Å². The lowest BCUT2D eigenvalue weighted by Crippen LogP contribution is -1.89. The Balaban J connectivity index is 3.29. The molecule has 0 amide bonds. The molecule has 0 aromatic rings. The standard InChI is InChI=1S/C15H22O2/c1-2-3-4-5-6-7-8-9-10-11-12-13-14-15(16)17/h2-9,14H2,1H3,(H,16,17). The third-order valence-corrected chi connectivity index (χ3v) is 2.38. The van der Waals surface area contributed by atoms with Crippen LogP contribution in [0.2, 0.25) is 0 Å². The largest absolute Gasteiger partial charge is 0.481 e. The van der Waals surface area contributed by atoms with Gasteiger partial charge in [-0.1, -0.05) is 57.3 Å². The lowest BCUT2D eigenvalue weighted by atomic mass is 10.1. The molecule has 0 aromatic heterocycles. The Hall–Kier alpha value is -1.41. The first kappa shape index (κ1) is 15.6. The fraction of sp³-hybridized carbons (Fsp3) is 0.667. The summed E-state index contributed by atoms with van der Waals surface area (Å²) in [6.45, 7) is 2.22. The number of hydrogen-bond donors (Lipinski definition) is 1. The van der Waals surface area contributed by atoms with Crippen LogP contribution in [0.5, 0.6) is 0 Å². The summed E-state index contributed by atoms with van der Waals surface area (Å²) in [5, 5.41) is 8.32. The van der Waals surface area contributed by atoms with Crippen molar-refractivity contribution < 1.29 is 9.90 Å². The molecule has 0 unspecified atom stereocenters. The maximum atomic E-state index is 10.1. The molecule has 0 saturated carbocycles. The van der Waals surface area contributed by atoms with Crippen LogP contribution in [0.3, 0.4) is 0 Å². The quantitative estimate of drug-likeness (QED) is 0.514. The van der Waals surface area contributed by atoms with Crippen molar-refractivity contribution in [2.75, 3.05) is 0 Å². The Kier molecular flexibility index (Phi) is 11.6. The molecule has 0 aliphatic carbocycles. The molecule has 2 nitrogen and oxygen atoms in total. The van der Waals surface area contributed by atoms with E-state index in [2.05, 4.69) is 30.6 Å². The van der Waals surface area contributed by atoms with Crippen LogP contribution in [0.25, 0.3) is 0 Å². The van der Waals surface area contributed by atoms with Gasteiger partial charge in [0.25, 0.3) is 0 Å². The molecule has 94 valence electrons. The highest BCUT2D eigenvalue weighted by Crippen LogP contribution is 2.07. The van der Waals surface area contributed by atoms with Gasteiger partial charge in [-0.05, 0) is 18.3 Å². The van der Waals surface area contributed by atoms with Crippen LogP contribution in [-0.4, -0.2) is 11.1 Å². The third kappa shape index (κ3) is 14.6. The molecular formula is C15H22O2. The second-order valence-electron chi connectivity index (χ2n) is 4.05. The Morgan fingerprint density at radius 2 is 1.53 bits per heavy atom. The first-order valence-electron chi connectivity index (χ1n) is 6.45. The molecule has 0 spiro atoms. The van der Waals surface area contributed by atoms with Crippen molar-refractivity contribution in [1.29, 1.82) is 0 Å². The van der Waals surface area contributed by atoms with E-state index in [0.29, 0.717) is 0 Å². The molecule has 0 atom stereocenters. The number of hydrogen-bond acceptors (Lipinski definition) is 1. The Morgan fingerprint density at radius 3 is 2.18 bits per heavy atom. The fourth-order valence-corrected chi connectivity index (χ4v) is 1.44. The molecule has 0 rings (SSSR count). The van der Waals surface area contributed by atoms with Crippen LogP contribution in [0.15, 0.2) is 0 Å². The van der Waals surface area contributed by atoms with Gasteiger partial charge >= 0.3 is 5.97 Å². The topological polar surface area (TPSA) is 37.3 Å². The van der Waals surface area contributed by atoms with E-state index in [9.17, 15) is 4.79 Å². The average molecular weight is 234 g/mol. The van der Waals surface area contributed by atoms with Crippen LogP contribution in [0.4, 0.5) is 0 Å². The van der Waals surface area contributed by atoms with Gasteiger partial charge in [-0.15, -0.1) is 0 Å². The fourth-order valence-electron chi connectivity index (χ4n) is 1.44. The number of aliphatic carboxylic acids is 1. The summed E-state index contributed by atoms with van der Waals surface area (Å²) < 4.78 is 0. The number of carboxylic acid groups (broad SMARTS) is 1. The molecule has 0 aliphatic rings. The van der Waals surface area contributed by atoms with Gasteiger partial charge in [0.2, 0.25) is 0 Å². The summed E-state index contributed by atoms with van der Waals surface area (Å²) in [6.07, 6.45) is 9.73. The van der Waals surface area contributed by atoms with Crippen LogP contribution in [0.1, 0.15) is 64.7 Å². The van der Waals surface area contributed by atoms with E-state index < -0.39 is 5.97 Å². The van der Waals surface area contributed by atoms with Gasteiger partial charge in [0.1, 0.15) is 6.42 Å². The lowest BCUT2D eigenvalue weighted by molar-refractivity contribution is -0.135. The minimum Gasteiger partial charge on any atom is -0.481 e. The maximum Gasteiger partial charge on any atom is 0.315 e. The third-order valence-electron chi connectivity index (χ3n) is 2.38. The summed E-state index contributed by atoms with van der Waals surface area (Å²) in [7, 11) is 0. The highest BCUT2D eigenvalue weighted by Gasteiger charge is 1.89. The first-order valence-corrected chi connectivity index (χ1v) is 6.45. The molecule has 0 aromatic carbocycles. The van der Waals surface area contributed by atoms with Crippen molar-refractivity contribution in [1.82, 2.24) is 0 Å². The molecule has 0 radical (unpaired) electrons. The van der Waals surface area contributed by atoms with E-state index in [1.165, 1.54) is 38.5 Å². The summed E-state index contributed by atoms with van der Waals surface area (Å²) in [4.78, 5) is 10.1. The van der Waals surface area contributed by atoms with Crippen LogP contribution in [0, 0.1) is 23.7 Å². The zero-order valence-corrected chi connectivity index (χ0v) is 10.7. The number of carbonyl (C=O) groups is 1. The van der Waals surface area contributed by atoms with Gasteiger partial charge in [0.05, 0.1) is 0 Å². The normalized spacial score (nSPS) is 8.76. The van der Waals surface area contributed by atoms with Gasteiger partial charge in [-0.25, -0.2) is 0 Å². The van der Waals surface area contributed by atoms with Crippen molar-refractivity contribution in [3.8, 4) is 23.7 Å². The van der Waals surface area contributed by atoms with Gasteiger partial charge in [-0.2, -0.15) is 0 Å². The maximum absolute atomic E-state index is 10.1. The second-order valence-corrected chi connectivity index (χ2v) is 4.05. The zero-order valence-electron chi connectivity index (χ0n) is 10.7. The van der Waals surface area contributed by atoms with E-state index in [4.69, 9.17) is 5.11 Å². The lowest BCUT2D eigenvalue weighted by Gasteiger charge is -1.97. The smallest absolute Gasteiger partial charge is 0.315 e. The van der Waals surface area contributed by atoms with Crippen molar-refractivity contribution in [2.24, 2.45) is 0 Å². The molecule has 0 bridgehead atoms. The van der Waals surface area contributed by atoms with Gasteiger partial charge in [-0.3, -0.25) is 4.79 Å². The van der Waals surface area contributed by atoms with E-state index in [1.54, 1.807) is 0 Å². The van der Waals surface area contributed by atoms with Crippen molar-refractivity contribution in [2.45, 2.75) is 64.7 Å². The Labute approximate surface area is 105 Å². The molecular weight excluding hydrogens is 212 g/mol. The molecule has 0 saturated heterocycles. The summed E-state index contributed by atoms with van der Waals surface area (Å²) in [5.41, 5.74) is 0. The van der Waals surface area contributed by atoms with Crippen molar-refractivity contribution in [3.05, 3.63) is 0 Å². The predicted molar refractivity (Wildman–Crippen MR) is 70.4 cm³/mol. The van der Waals surface area contributed by atoms with Gasteiger partial charge < -0.3 is 5.11 Å². The summed E-state index contributed by atoms with van der Waals surface area (Å²) >= 11 is 0. The molecule has 0 heterocycles. The van der Waals surface area contributed by atoms with Crippen LogP contribution in [-0.2, 0) is 4.79 Å². The zero-order chi connectivity index (χ0) is 12.8. The molecule has 0 fully saturated rings. The molecule has 2 heteroatoms. The monoisotopic (exact) mass is 234 g/mol. The summed E-state index contributed by atoms with van der Waals surface area (Å²) in [6, 6.07) is 0. The number of carboxylic acids is 1. The van der Waals surface area contributed by atoms with E-state index in [-0.39, 0.29) is 6.42 Å². The van der Waals surface area contributed by atoms with E-state index in [1.807, 2.05) is 0 Å². The highest BCUT2D eigenvalue weighted by molar-refractivity contribution is 5.70. The Morgan fingerprint density at radius 1 is 0.941 bits per heavy atom. The molecule has 17 heavy (non-hydrogen) atoms. The van der Waals surface area contributed by atoms with Crippen LogP contribution < -0.4 is 0 Å². The number of rotatable bonds is 8. The van der Waals surface area contributed by atoms with Crippen molar-refractivity contribution >= 4 is 5.97 Å².